The molecule has 0 saturated heterocycles. The fourth-order valence-electron chi connectivity index (χ4n) is 4.57. The van der Waals surface area contributed by atoms with E-state index < -0.39 is 27.0 Å². The monoisotopic (exact) mass is 630 g/mol. The van der Waals surface area contributed by atoms with Gasteiger partial charge in [-0.1, -0.05) is 28.1 Å². The quantitative estimate of drug-likeness (QED) is 0.236. The number of rotatable bonds is 11. The molecule has 0 aliphatic heterocycles. The minimum absolute atomic E-state index is 0.0717. The highest BCUT2D eigenvalue weighted by Gasteiger charge is 2.34. The van der Waals surface area contributed by atoms with E-state index in [0.717, 1.165) is 54.5 Å². The molecule has 14 heteroatoms. The van der Waals surface area contributed by atoms with Crippen LogP contribution in [0.5, 0.6) is 5.75 Å². The number of halogens is 4. The zero-order valence-electron chi connectivity index (χ0n) is 21.0. The molecule has 0 atom stereocenters. The summed E-state index contributed by atoms with van der Waals surface area (Å²) in [6.07, 6.45) is -1.72. The number of ether oxygens (including phenoxy) is 1. The van der Waals surface area contributed by atoms with E-state index in [-0.39, 0.29) is 16.9 Å². The van der Waals surface area contributed by atoms with Crippen molar-refractivity contribution in [3.63, 3.8) is 0 Å². The number of aromatic nitrogens is 2. The van der Waals surface area contributed by atoms with Gasteiger partial charge in [-0.05, 0) is 67.9 Å². The molecule has 4 rings (SSSR count). The van der Waals surface area contributed by atoms with Crippen LogP contribution in [0.15, 0.2) is 51.8 Å². The Balaban J connectivity index is 1.30. The topological polar surface area (TPSA) is 131 Å². The van der Waals surface area contributed by atoms with Gasteiger partial charge in [-0.15, -0.1) is 13.2 Å². The van der Waals surface area contributed by atoms with Gasteiger partial charge in [0.25, 0.3) is 0 Å². The first-order chi connectivity index (χ1) is 18.5. The average Bonchev–Trinajstić information content (AvgIpc) is 2.89. The van der Waals surface area contributed by atoms with Crippen LogP contribution in [0.4, 0.5) is 24.9 Å². The van der Waals surface area contributed by atoms with Crippen LogP contribution in [0.25, 0.3) is 10.9 Å². The fraction of sp³-hybridized carbons (Fsp3) is 0.440. The van der Waals surface area contributed by atoms with E-state index in [1.54, 1.807) is 0 Å². The van der Waals surface area contributed by atoms with Gasteiger partial charge in [0.15, 0.2) is 5.75 Å². The van der Waals surface area contributed by atoms with Gasteiger partial charge >= 0.3 is 6.36 Å². The van der Waals surface area contributed by atoms with Crippen molar-refractivity contribution in [3.8, 4) is 5.75 Å². The minimum Gasteiger partial charge on any atom is -0.404 e. The molecule has 1 aliphatic rings. The number of nitrogens with one attached hydrogen (secondary N) is 3. The zero-order valence-corrected chi connectivity index (χ0v) is 23.4. The summed E-state index contributed by atoms with van der Waals surface area (Å²) in [5, 5.41) is 7.49. The lowest BCUT2D eigenvalue weighted by Crippen LogP contribution is -2.33. The summed E-state index contributed by atoms with van der Waals surface area (Å²) in [6, 6.07) is 11.1. The third-order valence-corrected chi connectivity index (χ3v) is 8.49. The first-order valence-corrected chi connectivity index (χ1v) is 14.8. The van der Waals surface area contributed by atoms with E-state index in [1.807, 2.05) is 24.3 Å². The molecule has 0 bridgehead atoms. The Labute approximate surface area is 233 Å². The number of hydrogen-bond donors (Lipinski definition) is 4. The van der Waals surface area contributed by atoms with E-state index in [1.165, 1.54) is 6.07 Å². The molecule has 0 radical (unpaired) electrons. The van der Waals surface area contributed by atoms with Gasteiger partial charge in [-0.3, -0.25) is 0 Å². The summed E-state index contributed by atoms with van der Waals surface area (Å²) in [4.78, 5) is 8.66. The molecular formula is C25H30BrF3N6O3S. The Morgan fingerprint density at radius 2 is 1.69 bits per heavy atom. The lowest BCUT2D eigenvalue weighted by Gasteiger charge is -2.28. The predicted molar refractivity (Wildman–Crippen MR) is 147 cm³/mol. The van der Waals surface area contributed by atoms with Crippen molar-refractivity contribution < 1.29 is 26.3 Å². The number of hydrogen-bond acceptors (Lipinski definition) is 8. The van der Waals surface area contributed by atoms with E-state index >= 15 is 0 Å². The number of para-hydroxylation sites is 1. The summed E-state index contributed by atoms with van der Waals surface area (Å²) in [5.74, 6) is 0.888. The van der Waals surface area contributed by atoms with Crippen molar-refractivity contribution in [2.75, 3.05) is 36.8 Å². The molecule has 212 valence electrons. The van der Waals surface area contributed by atoms with Gasteiger partial charge in [0.1, 0.15) is 10.7 Å². The smallest absolute Gasteiger partial charge is 0.404 e. The predicted octanol–water partition coefficient (Wildman–Crippen LogP) is 4.86. The summed E-state index contributed by atoms with van der Waals surface area (Å²) in [6.45, 7) is 1.87. The highest BCUT2D eigenvalue weighted by molar-refractivity contribution is 9.10. The van der Waals surface area contributed by atoms with E-state index in [2.05, 4.69) is 46.0 Å². The van der Waals surface area contributed by atoms with Gasteiger partial charge in [-0.2, -0.15) is 4.98 Å². The second-order valence-electron chi connectivity index (χ2n) is 9.39. The van der Waals surface area contributed by atoms with E-state index in [9.17, 15) is 21.6 Å². The van der Waals surface area contributed by atoms with Gasteiger partial charge in [0.2, 0.25) is 16.0 Å². The Kier molecular flexibility index (Phi) is 9.51. The van der Waals surface area contributed by atoms with Gasteiger partial charge in [-0.25, -0.2) is 18.1 Å². The van der Waals surface area contributed by atoms with Gasteiger partial charge < -0.3 is 21.1 Å². The Morgan fingerprint density at radius 1 is 1.00 bits per heavy atom. The van der Waals surface area contributed by atoms with Crippen LogP contribution in [0, 0.1) is 11.8 Å². The van der Waals surface area contributed by atoms with Gasteiger partial charge in [0, 0.05) is 36.0 Å². The largest absolute Gasteiger partial charge is 0.573 e. The van der Waals surface area contributed by atoms with E-state index in [0.29, 0.717) is 31.5 Å². The number of nitrogens with two attached hydrogens (primary N) is 1. The summed E-state index contributed by atoms with van der Waals surface area (Å²) >= 11 is 3.05. The molecule has 5 N–H and O–H groups in total. The van der Waals surface area contributed by atoms with Crippen LogP contribution in [0.1, 0.15) is 25.7 Å². The molecule has 0 amide bonds. The summed E-state index contributed by atoms with van der Waals surface area (Å²) in [5.41, 5.74) is 6.45. The number of sulfonamides is 1. The lowest BCUT2D eigenvalue weighted by atomic mass is 9.82. The molecule has 39 heavy (non-hydrogen) atoms. The van der Waals surface area contributed by atoms with Crippen molar-refractivity contribution in [3.05, 3.63) is 46.9 Å². The number of benzene rings is 2. The number of fused-ring (bicyclic) bond motifs is 1. The van der Waals surface area contributed by atoms with Crippen LogP contribution in [-0.4, -0.2) is 50.9 Å². The summed E-state index contributed by atoms with van der Waals surface area (Å²) < 4.78 is 70.6. The van der Waals surface area contributed by atoms with Crippen molar-refractivity contribution in [2.45, 2.75) is 36.9 Å². The number of alkyl halides is 3. The van der Waals surface area contributed by atoms with Crippen LogP contribution in [0.2, 0.25) is 0 Å². The molecule has 2 aromatic carbocycles. The zero-order chi connectivity index (χ0) is 28.0. The SMILES string of the molecule is NCCNc1nc(NCC2CCC(CNS(=O)(=O)c3ccc(Br)cc3OC(F)(F)F)CC2)nc2ccccc12. The molecule has 1 heterocycles. The van der Waals surface area contributed by atoms with Crippen LogP contribution in [-0.2, 0) is 10.0 Å². The molecule has 1 aromatic heterocycles. The normalized spacial score (nSPS) is 18.2. The molecular weight excluding hydrogens is 601 g/mol. The Hall–Kier alpha value is -2.68. The van der Waals surface area contributed by atoms with Crippen LogP contribution < -0.4 is 25.8 Å². The highest BCUT2D eigenvalue weighted by Crippen LogP contribution is 2.33. The maximum atomic E-state index is 12.8. The molecule has 0 unspecified atom stereocenters. The second-order valence-corrected chi connectivity index (χ2v) is 12.0. The standard InChI is InChI=1S/C25H30BrF3N6O3S/c26-18-9-10-22(21(13-18)38-25(27,28)29)39(36,37)33-15-17-7-5-16(6-8-17)14-32-24-34-20-4-2-1-3-19(20)23(35-24)31-12-11-30/h1-4,9-10,13,16-17,33H,5-8,11-12,14-15,30H2,(H2,31,32,34,35). The fourth-order valence-corrected chi connectivity index (χ4v) is 6.13. The summed E-state index contributed by atoms with van der Waals surface area (Å²) in [7, 11) is -4.21. The van der Waals surface area contributed by atoms with Crippen molar-refractivity contribution in [1.82, 2.24) is 14.7 Å². The maximum Gasteiger partial charge on any atom is 0.573 e. The van der Waals surface area contributed by atoms with Crippen LogP contribution in [0.3, 0.4) is 0 Å². The molecule has 1 saturated carbocycles. The molecule has 9 nitrogen and oxygen atoms in total. The lowest BCUT2D eigenvalue weighted by molar-refractivity contribution is -0.275. The van der Waals surface area contributed by atoms with Crippen molar-refractivity contribution in [2.24, 2.45) is 17.6 Å². The van der Waals surface area contributed by atoms with E-state index in [4.69, 9.17) is 5.73 Å². The highest BCUT2D eigenvalue weighted by atomic mass is 79.9. The Bertz CT molecular complexity index is 1390. The molecule has 1 aliphatic carbocycles. The minimum atomic E-state index is -5.02. The van der Waals surface area contributed by atoms with Crippen molar-refractivity contribution >= 4 is 48.6 Å². The third kappa shape index (κ3) is 8.16. The first-order valence-electron chi connectivity index (χ1n) is 12.5. The average molecular weight is 632 g/mol. The van der Waals surface area contributed by atoms with Gasteiger partial charge in [0.05, 0.1) is 5.52 Å². The maximum absolute atomic E-state index is 12.8. The number of nitrogens with zero attached hydrogens (tertiary/aromatic N) is 2. The first kappa shape index (κ1) is 29.3. The Morgan fingerprint density at radius 3 is 2.38 bits per heavy atom. The van der Waals surface area contributed by atoms with Crippen LogP contribution >= 0.6 is 15.9 Å². The molecule has 3 aromatic rings. The molecule has 0 spiro atoms. The molecule has 1 fully saturated rings. The van der Waals surface area contributed by atoms with Crippen molar-refractivity contribution in [1.29, 1.82) is 0 Å². The third-order valence-electron chi connectivity index (χ3n) is 6.54. The second kappa shape index (κ2) is 12.7. The number of anilines is 2.